The van der Waals surface area contributed by atoms with Crippen LogP contribution in [0.25, 0.3) is 0 Å². The minimum Gasteiger partial charge on any atom is -0.459 e. The van der Waals surface area contributed by atoms with Crippen molar-refractivity contribution in [2.75, 3.05) is 0 Å². The minimum atomic E-state index is -0.294. The average molecular weight is 232 g/mol. The molecule has 3 heteroatoms. The highest BCUT2D eigenvalue weighted by Crippen LogP contribution is 2.23. The van der Waals surface area contributed by atoms with Crippen LogP contribution in [0.5, 0.6) is 0 Å². The number of carbonyl (C=O) groups excluding carboxylic acids is 2. The molecule has 0 unspecified atom stereocenters. The third-order valence-electron chi connectivity index (χ3n) is 3.16. The summed E-state index contributed by atoms with van der Waals surface area (Å²) >= 11 is 0. The van der Waals surface area contributed by atoms with E-state index in [1.54, 1.807) is 12.1 Å². The van der Waals surface area contributed by atoms with Gasteiger partial charge in [-0.25, -0.2) is 4.79 Å². The second-order valence-corrected chi connectivity index (χ2v) is 4.54. The Labute approximate surface area is 101 Å². The molecule has 2 atom stereocenters. The van der Waals surface area contributed by atoms with Crippen molar-refractivity contribution >= 4 is 11.8 Å². The molecule has 17 heavy (non-hydrogen) atoms. The molecule has 1 aliphatic rings. The third-order valence-corrected chi connectivity index (χ3v) is 3.16. The number of benzene rings is 1. The molecule has 1 aromatic carbocycles. The zero-order valence-corrected chi connectivity index (χ0v) is 9.89. The number of hydrogen-bond acceptors (Lipinski definition) is 3. The SMILES string of the molecule is C[C@@H]1C[C@@H](OC(=O)c2ccccc2)CCC1=O. The maximum atomic E-state index is 11.8. The second kappa shape index (κ2) is 5.13. The van der Waals surface area contributed by atoms with Crippen molar-refractivity contribution < 1.29 is 14.3 Å². The Kier molecular flexibility index (Phi) is 3.57. The van der Waals surface area contributed by atoms with E-state index in [0.717, 1.165) is 0 Å². The lowest BCUT2D eigenvalue weighted by Gasteiger charge is -2.25. The molecule has 0 spiro atoms. The average Bonchev–Trinajstić information content (AvgIpc) is 2.35. The molecule has 0 aromatic heterocycles. The third kappa shape index (κ3) is 2.93. The Balaban J connectivity index is 1.94. The highest BCUT2D eigenvalue weighted by atomic mass is 16.5. The molecule has 0 N–H and O–H groups in total. The summed E-state index contributed by atoms with van der Waals surface area (Å²) in [5.41, 5.74) is 0.567. The number of ketones is 1. The van der Waals surface area contributed by atoms with Crippen molar-refractivity contribution in [3.8, 4) is 0 Å². The van der Waals surface area contributed by atoms with E-state index in [0.29, 0.717) is 24.8 Å². The highest BCUT2D eigenvalue weighted by molar-refractivity contribution is 5.89. The molecule has 1 aromatic rings. The first-order valence-electron chi connectivity index (χ1n) is 5.95. The van der Waals surface area contributed by atoms with E-state index >= 15 is 0 Å². The summed E-state index contributed by atoms with van der Waals surface area (Å²) in [5.74, 6) is -0.00789. The van der Waals surface area contributed by atoms with E-state index in [4.69, 9.17) is 4.74 Å². The van der Waals surface area contributed by atoms with Crippen molar-refractivity contribution in [3.05, 3.63) is 35.9 Å². The molecule has 90 valence electrons. The number of esters is 1. The predicted molar refractivity (Wildman–Crippen MR) is 63.7 cm³/mol. The molecule has 1 aliphatic carbocycles. The Bertz CT molecular complexity index is 411. The van der Waals surface area contributed by atoms with Gasteiger partial charge in [-0.05, 0) is 25.0 Å². The maximum Gasteiger partial charge on any atom is 0.338 e. The Morgan fingerprint density at radius 2 is 2.00 bits per heavy atom. The van der Waals surface area contributed by atoms with Crippen molar-refractivity contribution in [1.29, 1.82) is 0 Å². The van der Waals surface area contributed by atoms with Gasteiger partial charge in [0.1, 0.15) is 11.9 Å². The zero-order valence-electron chi connectivity index (χ0n) is 9.89. The van der Waals surface area contributed by atoms with Gasteiger partial charge in [0.2, 0.25) is 0 Å². The van der Waals surface area contributed by atoms with Crippen molar-refractivity contribution in [3.63, 3.8) is 0 Å². The van der Waals surface area contributed by atoms with Crippen molar-refractivity contribution in [2.24, 2.45) is 5.92 Å². The van der Waals surface area contributed by atoms with E-state index in [9.17, 15) is 9.59 Å². The molecule has 0 aliphatic heterocycles. The molecule has 0 heterocycles. The predicted octanol–water partition coefficient (Wildman–Crippen LogP) is 2.60. The van der Waals surface area contributed by atoms with Crippen LogP contribution in [0.4, 0.5) is 0 Å². The maximum absolute atomic E-state index is 11.8. The van der Waals surface area contributed by atoms with Crippen molar-refractivity contribution in [1.82, 2.24) is 0 Å². The number of rotatable bonds is 2. The monoisotopic (exact) mass is 232 g/mol. The molecular weight excluding hydrogens is 216 g/mol. The minimum absolute atomic E-state index is 0.0114. The normalized spacial score (nSPS) is 24.4. The van der Waals surface area contributed by atoms with Crippen LogP contribution in [0.2, 0.25) is 0 Å². The van der Waals surface area contributed by atoms with E-state index in [-0.39, 0.29) is 23.8 Å². The van der Waals surface area contributed by atoms with Crippen molar-refractivity contribution in [2.45, 2.75) is 32.3 Å². The molecule has 2 rings (SSSR count). The van der Waals surface area contributed by atoms with Crippen LogP contribution in [0.15, 0.2) is 30.3 Å². The van der Waals surface area contributed by atoms with Crippen LogP contribution in [0, 0.1) is 5.92 Å². The van der Waals surface area contributed by atoms with Gasteiger partial charge in [-0.3, -0.25) is 4.79 Å². The van der Waals surface area contributed by atoms with E-state index in [1.165, 1.54) is 0 Å². The Hall–Kier alpha value is -1.64. The van der Waals surface area contributed by atoms with Crippen LogP contribution >= 0.6 is 0 Å². The van der Waals surface area contributed by atoms with Gasteiger partial charge in [-0.2, -0.15) is 0 Å². The topological polar surface area (TPSA) is 43.4 Å². The molecule has 1 fully saturated rings. The summed E-state index contributed by atoms with van der Waals surface area (Å²) in [4.78, 5) is 23.1. The lowest BCUT2D eigenvalue weighted by Crippen LogP contribution is -2.29. The summed E-state index contributed by atoms with van der Waals surface area (Å²) in [5, 5.41) is 0. The van der Waals surface area contributed by atoms with Gasteiger partial charge < -0.3 is 4.74 Å². The van der Waals surface area contributed by atoms with Crippen LogP contribution in [-0.2, 0) is 9.53 Å². The standard InChI is InChI=1S/C14H16O3/c1-10-9-12(7-8-13(10)15)17-14(16)11-5-3-2-4-6-11/h2-6,10,12H,7-9H2,1H3/t10-,12+/m1/s1. The van der Waals surface area contributed by atoms with Gasteiger partial charge in [0.15, 0.2) is 0 Å². The summed E-state index contributed by atoms with van der Waals surface area (Å²) in [6.07, 6.45) is 1.71. The van der Waals surface area contributed by atoms with Gasteiger partial charge in [0.25, 0.3) is 0 Å². The van der Waals surface area contributed by atoms with E-state index in [1.807, 2.05) is 25.1 Å². The summed E-state index contributed by atoms with van der Waals surface area (Å²) in [6, 6.07) is 8.95. The first-order chi connectivity index (χ1) is 8.16. The number of carbonyl (C=O) groups is 2. The van der Waals surface area contributed by atoms with Gasteiger partial charge >= 0.3 is 5.97 Å². The zero-order chi connectivity index (χ0) is 12.3. The fourth-order valence-corrected chi connectivity index (χ4v) is 2.09. The summed E-state index contributed by atoms with van der Waals surface area (Å²) in [6.45, 7) is 1.89. The number of ether oxygens (including phenoxy) is 1. The molecule has 0 saturated heterocycles. The Morgan fingerprint density at radius 3 is 2.65 bits per heavy atom. The van der Waals surface area contributed by atoms with Crippen LogP contribution in [-0.4, -0.2) is 17.9 Å². The molecule has 1 saturated carbocycles. The van der Waals surface area contributed by atoms with Gasteiger partial charge in [0.05, 0.1) is 5.56 Å². The second-order valence-electron chi connectivity index (χ2n) is 4.54. The number of Topliss-reactive ketones (excluding diaryl/α,β-unsaturated/α-hetero) is 1. The Morgan fingerprint density at radius 1 is 1.29 bits per heavy atom. The smallest absolute Gasteiger partial charge is 0.338 e. The first kappa shape index (κ1) is 11.8. The summed E-state index contributed by atoms with van der Waals surface area (Å²) in [7, 11) is 0. The van der Waals surface area contributed by atoms with Gasteiger partial charge in [-0.15, -0.1) is 0 Å². The van der Waals surface area contributed by atoms with Crippen LogP contribution in [0.3, 0.4) is 0 Å². The molecule has 0 radical (unpaired) electrons. The largest absolute Gasteiger partial charge is 0.459 e. The van der Waals surface area contributed by atoms with E-state index < -0.39 is 0 Å². The fourth-order valence-electron chi connectivity index (χ4n) is 2.09. The lowest BCUT2D eigenvalue weighted by atomic mass is 9.87. The fraction of sp³-hybridized carbons (Fsp3) is 0.429. The van der Waals surface area contributed by atoms with Gasteiger partial charge in [-0.1, -0.05) is 25.1 Å². The van der Waals surface area contributed by atoms with Gasteiger partial charge in [0, 0.05) is 12.3 Å². The number of hydrogen-bond donors (Lipinski definition) is 0. The highest BCUT2D eigenvalue weighted by Gasteiger charge is 2.27. The quantitative estimate of drug-likeness (QED) is 0.736. The van der Waals surface area contributed by atoms with Crippen LogP contribution in [0.1, 0.15) is 36.5 Å². The van der Waals surface area contributed by atoms with E-state index in [2.05, 4.69) is 0 Å². The molecular formula is C14H16O3. The first-order valence-corrected chi connectivity index (χ1v) is 5.95. The van der Waals surface area contributed by atoms with Crippen LogP contribution < -0.4 is 0 Å². The molecule has 3 nitrogen and oxygen atoms in total. The molecule has 0 bridgehead atoms. The lowest BCUT2D eigenvalue weighted by molar-refractivity contribution is -0.126. The molecule has 0 amide bonds. The summed E-state index contributed by atoms with van der Waals surface area (Å²) < 4.78 is 5.40.